The van der Waals surface area contributed by atoms with Crippen LogP contribution in [0.2, 0.25) is 0 Å². The summed E-state index contributed by atoms with van der Waals surface area (Å²) in [5, 5.41) is 0. The first-order chi connectivity index (χ1) is 7.04. The lowest BCUT2D eigenvalue weighted by molar-refractivity contribution is 0.251. The predicted molar refractivity (Wildman–Crippen MR) is 69.6 cm³/mol. The van der Waals surface area contributed by atoms with Crippen molar-refractivity contribution in [1.82, 2.24) is 9.88 Å². The zero-order chi connectivity index (χ0) is 11.4. The highest BCUT2D eigenvalue weighted by atomic mass is 79.9. The molecule has 3 nitrogen and oxygen atoms in total. The Bertz CT molecular complexity index is 330. The maximum absolute atomic E-state index is 5.61. The molecule has 0 bridgehead atoms. The standard InChI is InChI=1S/C10H15Br2N3/c1-7(4-13)15(2)6-10-9(12)3-8(11)5-14-10/h3,5,7H,4,6,13H2,1-2H3/t7-/m0/s1. The van der Waals surface area contributed by atoms with Crippen molar-refractivity contribution in [3.8, 4) is 0 Å². The summed E-state index contributed by atoms with van der Waals surface area (Å²) in [5.74, 6) is 0. The molecule has 0 aromatic carbocycles. The lowest BCUT2D eigenvalue weighted by atomic mass is 10.2. The van der Waals surface area contributed by atoms with E-state index in [1.165, 1.54) is 0 Å². The van der Waals surface area contributed by atoms with Gasteiger partial charge in [0.15, 0.2) is 0 Å². The molecule has 15 heavy (non-hydrogen) atoms. The van der Waals surface area contributed by atoms with E-state index < -0.39 is 0 Å². The number of halogens is 2. The minimum absolute atomic E-state index is 0.363. The van der Waals surface area contributed by atoms with Gasteiger partial charge < -0.3 is 5.73 Å². The van der Waals surface area contributed by atoms with E-state index in [1.807, 2.05) is 13.1 Å². The average Bonchev–Trinajstić information content (AvgIpc) is 2.20. The maximum Gasteiger partial charge on any atom is 0.0686 e. The van der Waals surface area contributed by atoms with E-state index in [0.717, 1.165) is 21.2 Å². The largest absolute Gasteiger partial charge is 0.329 e. The van der Waals surface area contributed by atoms with Crippen molar-refractivity contribution >= 4 is 31.9 Å². The number of nitrogens with zero attached hydrogens (tertiary/aromatic N) is 2. The fraction of sp³-hybridized carbons (Fsp3) is 0.500. The molecule has 0 fully saturated rings. The van der Waals surface area contributed by atoms with E-state index in [-0.39, 0.29) is 0 Å². The third kappa shape index (κ3) is 3.83. The molecule has 2 N–H and O–H groups in total. The van der Waals surface area contributed by atoms with Crippen molar-refractivity contribution in [1.29, 1.82) is 0 Å². The molecule has 0 radical (unpaired) electrons. The highest BCUT2D eigenvalue weighted by Crippen LogP contribution is 2.20. The lowest BCUT2D eigenvalue weighted by Gasteiger charge is -2.23. The van der Waals surface area contributed by atoms with Gasteiger partial charge in [0, 0.05) is 34.3 Å². The molecule has 0 unspecified atom stereocenters. The van der Waals surface area contributed by atoms with Crippen LogP contribution in [-0.2, 0) is 6.54 Å². The Morgan fingerprint density at radius 3 is 2.73 bits per heavy atom. The third-order valence-electron chi connectivity index (χ3n) is 2.38. The quantitative estimate of drug-likeness (QED) is 0.918. The smallest absolute Gasteiger partial charge is 0.0686 e. The van der Waals surface area contributed by atoms with Crippen molar-refractivity contribution in [3.63, 3.8) is 0 Å². The van der Waals surface area contributed by atoms with Crippen LogP contribution in [0.25, 0.3) is 0 Å². The van der Waals surface area contributed by atoms with Crippen molar-refractivity contribution in [2.75, 3.05) is 13.6 Å². The van der Waals surface area contributed by atoms with Crippen LogP contribution < -0.4 is 5.73 Å². The first kappa shape index (κ1) is 13.1. The normalized spacial score (nSPS) is 13.2. The molecule has 0 aliphatic heterocycles. The van der Waals surface area contributed by atoms with Crippen LogP contribution in [-0.4, -0.2) is 29.5 Å². The molecule has 0 aliphatic carbocycles. The Morgan fingerprint density at radius 2 is 2.20 bits per heavy atom. The lowest BCUT2D eigenvalue weighted by Crippen LogP contribution is -2.35. The van der Waals surface area contributed by atoms with Gasteiger partial charge in [-0.3, -0.25) is 9.88 Å². The molecule has 0 aliphatic rings. The SMILES string of the molecule is C[C@@H](CN)N(C)Cc1ncc(Br)cc1Br. The molecule has 1 heterocycles. The van der Waals surface area contributed by atoms with E-state index in [0.29, 0.717) is 12.6 Å². The van der Waals surface area contributed by atoms with Crippen molar-refractivity contribution < 1.29 is 0 Å². The summed E-state index contributed by atoms with van der Waals surface area (Å²) in [6.45, 7) is 3.56. The van der Waals surface area contributed by atoms with Crippen LogP contribution in [0, 0.1) is 0 Å². The van der Waals surface area contributed by atoms with E-state index >= 15 is 0 Å². The molecule has 0 spiro atoms. The number of hydrogen-bond donors (Lipinski definition) is 1. The number of hydrogen-bond acceptors (Lipinski definition) is 3. The van der Waals surface area contributed by atoms with Crippen LogP contribution in [0.3, 0.4) is 0 Å². The number of nitrogens with two attached hydrogens (primary N) is 1. The van der Waals surface area contributed by atoms with Gasteiger partial charge in [0.05, 0.1) is 5.69 Å². The minimum atomic E-state index is 0.363. The highest BCUT2D eigenvalue weighted by molar-refractivity contribution is 9.11. The van der Waals surface area contributed by atoms with Gasteiger partial charge >= 0.3 is 0 Å². The van der Waals surface area contributed by atoms with Gasteiger partial charge in [-0.05, 0) is 51.9 Å². The molecule has 1 aromatic heterocycles. The van der Waals surface area contributed by atoms with E-state index in [1.54, 1.807) is 6.20 Å². The molecule has 1 rings (SSSR count). The maximum atomic E-state index is 5.61. The van der Waals surface area contributed by atoms with Gasteiger partial charge in [0.2, 0.25) is 0 Å². The summed E-state index contributed by atoms with van der Waals surface area (Å²) >= 11 is 6.88. The Balaban J connectivity index is 2.72. The third-order valence-corrected chi connectivity index (χ3v) is 3.50. The second-order valence-corrected chi connectivity index (χ2v) is 5.35. The molecule has 0 saturated carbocycles. The predicted octanol–water partition coefficient (Wildman–Crippen LogP) is 2.39. The first-order valence-electron chi connectivity index (χ1n) is 4.74. The van der Waals surface area contributed by atoms with Crippen molar-refractivity contribution in [2.45, 2.75) is 19.5 Å². The van der Waals surface area contributed by atoms with Crippen LogP contribution in [0.4, 0.5) is 0 Å². The van der Waals surface area contributed by atoms with Gasteiger partial charge in [0.25, 0.3) is 0 Å². The fourth-order valence-electron chi connectivity index (χ4n) is 1.13. The number of aromatic nitrogens is 1. The Hall–Kier alpha value is 0.0300. The average molecular weight is 337 g/mol. The van der Waals surface area contributed by atoms with Crippen molar-refractivity contribution in [3.05, 3.63) is 26.9 Å². The Morgan fingerprint density at radius 1 is 1.53 bits per heavy atom. The molecule has 0 saturated heterocycles. The summed E-state index contributed by atoms with van der Waals surface area (Å²) in [6.07, 6.45) is 1.81. The van der Waals surface area contributed by atoms with Crippen LogP contribution in [0.15, 0.2) is 21.2 Å². The summed E-state index contributed by atoms with van der Waals surface area (Å²) in [6, 6.07) is 2.37. The van der Waals surface area contributed by atoms with Crippen LogP contribution >= 0.6 is 31.9 Å². The molecule has 84 valence electrons. The number of likely N-dealkylation sites (N-methyl/N-ethyl adjacent to an activating group) is 1. The molecular formula is C10H15Br2N3. The summed E-state index contributed by atoms with van der Waals surface area (Å²) in [4.78, 5) is 6.54. The zero-order valence-electron chi connectivity index (χ0n) is 8.87. The van der Waals surface area contributed by atoms with Gasteiger partial charge in [-0.15, -0.1) is 0 Å². The fourth-order valence-corrected chi connectivity index (χ4v) is 2.24. The molecular weight excluding hydrogens is 322 g/mol. The summed E-state index contributed by atoms with van der Waals surface area (Å²) in [5.41, 5.74) is 6.64. The molecule has 0 amide bonds. The number of pyridine rings is 1. The monoisotopic (exact) mass is 335 g/mol. The molecule has 5 heteroatoms. The van der Waals surface area contributed by atoms with Crippen molar-refractivity contribution in [2.24, 2.45) is 5.73 Å². The Kier molecular flexibility index (Phi) is 5.18. The first-order valence-corrected chi connectivity index (χ1v) is 6.33. The Labute approximate surface area is 107 Å². The van der Waals surface area contributed by atoms with Crippen LogP contribution in [0.5, 0.6) is 0 Å². The van der Waals surface area contributed by atoms with Gasteiger partial charge in [0.1, 0.15) is 0 Å². The topological polar surface area (TPSA) is 42.1 Å². The second kappa shape index (κ2) is 5.94. The van der Waals surface area contributed by atoms with E-state index in [4.69, 9.17) is 5.73 Å². The zero-order valence-corrected chi connectivity index (χ0v) is 12.0. The van der Waals surface area contributed by atoms with E-state index in [2.05, 4.69) is 48.7 Å². The molecule has 1 atom stereocenters. The van der Waals surface area contributed by atoms with Gasteiger partial charge in [-0.1, -0.05) is 0 Å². The van der Waals surface area contributed by atoms with E-state index in [9.17, 15) is 0 Å². The van der Waals surface area contributed by atoms with Gasteiger partial charge in [-0.25, -0.2) is 0 Å². The minimum Gasteiger partial charge on any atom is -0.329 e. The summed E-state index contributed by atoms with van der Waals surface area (Å²) in [7, 11) is 2.05. The number of rotatable bonds is 4. The molecule has 1 aromatic rings. The van der Waals surface area contributed by atoms with Gasteiger partial charge in [-0.2, -0.15) is 0 Å². The highest BCUT2D eigenvalue weighted by Gasteiger charge is 2.10. The second-order valence-electron chi connectivity index (χ2n) is 3.58. The van der Waals surface area contributed by atoms with Crippen LogP contribution in [0.1, 0.15) is 12.6 Å². The summed E-state index contributed by atoms with van der Waals surface area (Å²) < 4.78 is 2.00.